The molecule has 10 heteroatoms. The van der Waals surface area contributed by atoms with Crippen molar-refractivity contribution in [2.45, 2.75) is 20.8 Å². The normalized spacial score (nSPS) is 13.4. The second kappa shape index (κ2) is 6.83. The molecule has 0 unspecified atom stereocenters. The molecule has 0 bridgehead atoms. The Kier molecular flexibility index (Phi) is 4.32. The van der Waals surface area contributed by atoms with Gasteiger partial charge in [0.25, 0.3) is 17.8 Å². The second-order valence-electron chi connectivity index (χ2n) is 7.24. The first-order valence-corrected chi connectivity index (χ1v) is 10.1. The van der Waals surface area contributed by atoms with E-state index in [0.29, 0.717) is 33.4 Å². The van der Waals surface area contributed by atoms with Gasteiger partial charge in [-0.3, -0.25) is 9.59 Å². The molecule has 154 valence electrons. The molecular formula is C21H14Cl2N6O2. The summed E-state index contributed by atoms with van der Waals surface area (Å²) in [5.41, 5.74) is 3.28. The summed E-state index contributed by atoms with van der Waals surface area (Å²) < 4.78 is 1.49. The minimum atomic E-state index is -0.484. The van der Waals surface area contributed by atoms with Crippen LogP contribution in [0.3, 0.4) is 0 Å². The van der Waals surface area contributed by atoms with Crippen molar-refractivity contribution < 1.29 is 9.59 Å². The lowest BCUT2D eigenvalue weighted by atomic mass is 10.1. The van der Waals surface area contributed by atoms with Crippen LogP contribution < -0.4 is 4.90 Å². The average Bonchev–Trinajstić information content (AvgIpc) is 3.18. The fourth-order valence-corrected chi connectivity index (χ4v) is 4.05. The Morgan fingerprint density at radius 3 is 2.29 bits per heavy atom. The first-order valence-electron chi connectivity index (χ1n) is 9.31. The van der Waals surface area contributed by atoms with E-state index in [1.54, 1.807) is 13.0 Å². The zero-order chi connectivity index (χ0) is 22.0. The maximum atomic E-state index is 13.4. The third-order valence-electron chi connectivity index (χ3n) is 5.04. The fourth-order valence-electron chi connectivity index (χ4n) is 3.76. The first-order chi connectivity index (χ1) is 14.8. The molecule has 2 amide bonds. The van der Waals surface area contributed by atoms with Crippen LogP contribution in [0.15, 0.2) is 30.5 Å². The molecule has 0 radical (unpaired) electrons. The summed E-state index contributed by atoms with van der Waals surface area (Å²) in [5, 5.41) is 5.57. The number of carbonyl (C=O) groups excluding carboxylic acids is 2. The Bertz CT molecular complexity index is 1430. The molecular weight excluding hydrogens is 439 g/mol. The van der Waals surface area contributed by atoms with E-state index in [1.807, 2.05) is 19.9 Å². The van der Waals surface area contributed by atoms with E-state index in [4.69, 9.17) is 23.2 Å². The van der Waals surface area contributed by atoms with Gasteiger partial charge in [-0.25, -0.2) is 19.9 Å². The molecule has 0 saturated carbocycles. The lowest BCUT2D eigenvalue weighted by molar-refractivity contribution is 0.0926. The van der Waals surface area contributed by atoms with Crippen LogP contribution in [0.2, 0.25) is 10.0 Å². The van der Waals surface area contributed by atoms with Gasteiger partial charge in [0.15, 0.2) is 5.65 Å². The number of hydrogen-bond acceptors (Lipinski definition) is 6. The third-order valence-corrected chi connectivity index (χ3v) is 5.78. The molecule has 3 aromatic heterocycles. The number of carbonyl (C=O) groups is 2. The van der Waals surface area contributed by atoms with Gasteiger partial charge >= 0.3 is 0 Å². The number of rotatable bonds is 2. The van der Waals surface area contributed by atoms with Gasteiger partial charge in [0, 0.05) is 17.6 Å². The minimum Gasteiger partial charge on any atom is -0.268 e. The van der Waals surface area contributed by atoms with Crippen molar-refractivity contribution in [2.75, 3.05) is 4.90 Å². The zero-order valence-electron chi connectivity index (χ0n) is 16.6. The van der Waals surface area contributed by atoms with Gasteiger partial charge in [-0.1, -0.05) is 23.2 Å². The summed E-state index contributed by atoms with van der Waals surface area (Å²) in [7, 11) is 0. The zero-order valence-corrected chi connectivity index (χ0v) is 18.2. The molecule has 1 aliphatic heterocycles. The SMILES string of the molecule is Cc1cc(C)nc(-n2nc(C)c3c4c(cnc32)C(=O)N(c2ccc(Cl)c(Cl)c2)C4=O)n1. The Labute approximate surface area is 186 Å². The van der Waals surface area contributed by atoms with Crippen molar-refractivity contribution in [3.8, 4) is 5.95 Å². The molecule has 4 heterocycles. The molecule has 31 heavy (non-hydrogen) atoms. The summed E-state index contributed by atoms with van der Waals surface area (Å²) in [6.07, 6.45) is 1.38. The molecule has 0 N–H and O–H groups in total. The third kappa shape index (κ3) is 2.90. The Morgan fingerprint density at radius 1 is 0.903 bits per heavy atom. The lowest BCUT2D eigenvalue weighted by Crippen LogP contribution is -2.29. The summed E-state index contributed by atoms with van der Waals surface area (Å²) in [6, 6.07) is 6.44. The van der Waals surface area contributed by atoms with Gasteiger partial charge in [-0.05, 0) is 45.0 Å². The molecule has 0 fully saturated rings. The predicted octanol–water partition coefficient (Wildman–Crippen LogP) is 4.24. The highest BCUT2D eigenvalue weighted by molar-refractivity contribution is 6.43. The van der Waals surface area contributed by atoms with E-state index in [-0.39, 0.29) is 16.1 Å². The number of halogens is 2. The summed E-state index contributed by atoms with van der Waals surface area (Å²) in [5.74, 6) is -0.612. The van der Waals surface area contributed by atoms with Gasteiger partial charge in [0.2, 0.25) is 0 Å². The fraction of sp³-hybridized carbons (Fsp3) is 0.143. The molecule has 4 aromatic rings. The average molecular weight is 453 g/mol. The van der Waals surface area contributed by atoms with Crippen LogP contribution in [0.5, 0.6) is 0 Å². The number of aromatic nitrogens is 5. The first kappa shape index (κ1) is 19.6. The molecule has 0 atom stereocenters. The number of benzene rings is 1. The standard InChI is InChI=1S/C21H14Cl2N6O2/c1-9-6-10(2)26-21(25-9)29-18-16(11(3)27-29)17-13(8-24-18)19(30)28(20(17)31)12-4-5-14(22)15(23)7-12/h4-8H,1-3H3. The number of anilines is 1. The molecule has 0 aliphatic carbocycles. The van der Waals surface area contributed by atoms with Gasteiger partial charge < -0.3 is 0 Å². The Hall–Kier alpha value is -3.36. The maximum absolute atomic E-state index is 13.4. The second-order valence-corrected chi connectivity index (χ2v) is 8.05. The van der Waals surface area contributed by atoms with E-state index in [9.17, 15) is 9.59 Å². The van der Waals surface area contributed by atoms with Crippen LogP contribution in [0.4, 0.5) is 5.69 Å². The number of pyridine rings is 1. The van der Waals surface area contributed by atoms with Crippen molar-refractivity contribution in [1.82, 2.24) is 24.7 Å². The number of hydrogen-bond donors (Lipinski definition) is 0. The largest absolute Gasteiger partial charge is 0.268 e. The van der Waals surface area contributed by atoms with E-state index < -0.39 is 11.8 Å². The van der Waals surface area contributed by atoms with Crippen molar-refractivity contribution in [1.29, 1.82) is 0 Å². The predicted molar refractivity (Wildman–Crippen MR) is 116 cm³/mol. The van der Waals surface area contributed by atoms with Gasteiger partial charge in [0.1, 0.15) is 0 Å². The highest BCUT2D eigenvalue weighted by atomic mass is 35.5. The van der Waals surface area contributed by atoms with E-state index in [1.165, 1.54) is 23.0 Å². The van der Waals surface area contributed by atoms with Crippen LogP contribution in [-0.4, -0.2) is 36.5 Å². The summed E-state index contributed by atoms with van der Waals surface area (Å²) in [6.45, 7) is 5.47. The lowest BCUT2D eigenvalue weighted by Gasteiger charge is -2.14. The van der Waals surface area contributed by atoms with Crippen LogP contribution in [0.25, 0.3) is 17.0 Å². The number of amides is 2. The van der Waals surface area contributed by atoms with Crippen LogP contribution in [0, 0.1) is 20.8 Å². The number of nitrogens with zero attached hydrogens (tertiary/aromatic N) is 6. The number of aryl methyl sites for hydroxylation is 3. The van der Waals surface area contributed by atoms with E-state index >= 15 is 0 Å². The molecule has 0 saturated heterocycles. The highest BCUT2D eigenvalue weighted by Gasteiger charge is 2.40. The van der Waals surface area contributed by atoms with Crippen molar-refractivity contribution >= 4 is 51.7 Å². The van der Waals surface area contributed by atoms with Crippen LogP contribution >= 0.6 is 23.2 Å². The maximum Gasteiger partial charge on any atom is 0.267 e. The van der Waals surface area contributed by atoms with Crippen molar-refractivity contribution in [2.24, 2.45) is 0 Å². The number of imide groups is 1. The summed E-state index contributed by atoms with van der Waals surface area (Å²) in [4.78, 5) is 40.8. The molecule has 1 aliphatic rings. The quantitative estimate of drug-likeness (QED) is 0.422. The Morgan fingerprint density at radius 2 is 1.61 bits per heavy atom. The number of fused-ring (bicyclic) bond motifs is 3. The molecule has 5 rings (SSSR count). The molecule has 8 nitrogen and oxygen atoms in total. The Balaban J connectivity index is 1.71. The van der Waals surface area contributed by atoms with E-state index in [2.05, 4.69) is 20.1 Å². The molecule has 1 aromatic carbocycles. The van der Waals surface area contributed by atoms with Crippen molar-refractivity contribution in [3.05, 3.63) is 68.7 Å². The van der Waals surface area contributed by atoms with Crippen LogP contribution in [-0.2, 0) is 0 Å². The smallest absolute Gasteiger partial charge is 0.267 e. The molecule has 0 spiro atoms. The van der Waals surface area contributed by atoms with Gasteiger partial charge in [-0.2, -0.15) is 9.78 Å². The van der Waals surface area contributed by atoms with Gasteiger partial charge in [-0.15, -0.1) is 0 Å². The monoisotopic (exact) mass is 452 g/mol. The highest BCUT2D eigenvalue weighted by Crippen LogP contribution is 2.36. The van der Waals surface area contributed by atoms with Crippen LogP contribution in [0.1, 0.15) is 37.8 Å². The van der Waals surface area contributed by atoms with Gasteiger partial charge in [0.05, 0.1) is 37.9 Å². The van der Waals surface area contributed by atoms with E-state index in [0.717, 1.165) is 16.3 Å². The summed E-state index contributed by atoms with van der Waals surface area (Å²) >= 11 is 12.1. The minimum absolute atomic E-state index is 0.201. The topological polar surface area (TPSA) is 93.9 Å². The van der Waals surface area contributed by atoms with Crippen molar-refractivity contribution in [3.63, 3.8) is 0 Å².